The average Bonchev–Trinajstić information content (AvgIpc) is 2.53. The van der Waals surface area contributed by atoms with E-state index >= 15 is 0 Å². The second-order valence-electron chi connectivity index (χ2n) is 4.94. The summed E-state index contributed by atoms with van der Waals surface area (Å²) in [6, 6.07) is 26.8. The molecule has 0 atom stereocenters. The first kappa shape index (κ1) is 13.7. The smallest absolute Gasteiger partial charge is 0.0476 e. The summed E-state index contributed by atoms with van der Waals surface area (Å²) in [6.07, 6.45) is 0. The summed E-state index contributed by atoms with van der Waals surface area (Å²) >= 11 is 6.31. The Labute approximate surface area is 130 Å². The van der Waals surface area contributed by atoms with Crippen molar-refractivity contribution in [2.75, 3.05) is 4.90 Å². The first-order chi connectivity index (χ1) is 10.3. The predicted octanol–water partition coefficient (Wildman–Crippen LogP) is 6.12. The maximum Gasteiger partial charge on any atom is 0.0476 e. The monoisotopic (exact) mass is 293 g/mol. The van der Waals surface area contributed by atoms with Crippen LogP contribution in [-0.2, 0) is 0 Å². The Morgan fingerprint density at radius 3 is 1.67 bits per heavy atom. The third-order valence-electron chi connectivity index (χ3n) is 3.44. The zero-order valence-electron chi connectivity index (χ0n) is 11.8. The summed E-state index contributed by atoms with van der Waals surface area (Å²) in [4.78, 5) is 2.20. The van der Waals surface area contributed by atoms with Crippen molar-refractivity contribution in [3.05, 3.63) is 89.4 Å². The van der Waals surface area contributed by atoms with E-state index in [1.807, 2.05) is 49.4 Å². The maximum atomic E-state index is 6.31. The van der Waals surface area contributed by atoms with Crippen molar-refractivity contribution in [1.82, 2.24) is 0 Å². The molecule has 3 aromatic carbocycles. The lowest BCUT2D eigenvalue weighted by molar-refractivity contribution is 1.27. The Balaban J connectivity index is 2.14. The van der Waals surface area contributed by atoms with Crippen LogP contribution < -0.4 is 4.90 Å². The zero-order chi connectivity index (χ0) is 14.7. The molecule has 0 N–H and O–H groups in total. The fourth-order valence-electron chi connectivity index (χ4n) is 2.32. The van der Waals surface area contributed by atoms with Crippen molar-refractivity contribution in [2.45, 2.75) is 6.92 Å². The molecule has 0 fully saturated rings. The number of benzene rings is 3. The number of hydrogen-bond acceptors (Lipinski definition) is 1. The van der Waals surface area contributed by atoms with E-state index < -0.39 is 0 Å². The second-order valence-corrected chi connectivity index (χ2v) is 5.35. The highest BCUT2D eigenvalue weighted by molar-refractivity contribution is 6.31. The third kappa shape index (κ3) is 2.93. The number of rotatable bonds is 3. The molecule has 0 aromatic heterocycles. The van der Waals surface area contributed by atoms with Crippen LogP contribution in [0.25, 0.3) is 0 Å². The molecular weight excluding hydrogens is 278 g/mol. The minimum atomic E-state index is 0.782. The van der Waals surface area contributed by atoms with Crippen LogP contribution in [0.3, 0.4) is 0 Å². The van der Waals surface area contributed by atoms with Gasteiger partial charge in [-0.2, -0.15) is 0 Å². The van der Waals surface area contributed by atoms with Crippen molar-refractivity contribution in [3.63, 3.8) is 0 Å². The van der Waals surface area contributed by atoms with Crippen LogP contribution in [0.15, 0.2) is 78.9 Å². The Hall–Kier alpha value is -2.25. The highest BCUT2D eigenvalue weighted by Crippen LogP contribution is 2.35. The standard InChI is InChI=1S/C19H16ClN/c1-15-12-13-18(14-19(15)20)21(16-8-4-2-5-9-16)17-10-6-3-7-11-17/h2-14H,1H3. The molecule has 0 aliphatic carbocycles. The molecule has 0 unspecified atom stereocenters. The minimum absolute atomic E-state index is 0.782. The topological polar surface area (TPSA) is 3.24 Å². The molecule has 104 valence electrons. The molecule has 3 aromatic rings. The molecule has 0 saturated heterocycles. The summed E-state index contributed by atoms with van der Waals surface area (Å²) in [7, 11) is 0. The van der Waals surface area contributed by atoms with Crippen molar-refractivity contribution in [1.29, 1.82) is 0 Å². The van der Waals surface area contributed by atoms with E-state index in [1.165, 1.54) is 0 Å². The molecule has 0 aliphatic heterocycles. The van der Waals surface area contributed by atoms with E-state index in [4.69, 9.17) is 11.6 Å². The Morgan fingerprint density at radius 1 is 0.667 bits per heavy atom. The van der Waals surface area contributed by atoms with Crippen LogP contribution in [0.1, 0.15) is 5.56 Å². The van der Waals surface area contributed by atoms with Gasteiger partial charge in [0, 0.05) is 22.1 Å². The fourth-order valence-corrected chi connectivity index (χ4v) is 2.50. The first-order valence-corrected chi connectivity index (χ1v) is 7.30. The molecule has 0 heterocycles. The Morgan fingerprint density at radius 2 is 1.19 bits per heavy atom. The lowest BCUT2D eigenvalue weighted by atomic mass is 10.1. The fraction of sp³-hybridized carbons (Fsp3) is 0.0526. The number of halogens is 1. The molecule has 0 radical (unpaired) electrons. The molecule has 0 aliphatic rings. The van der Waals surface area contributed by atoms with Crippen LogP contribution >= 0.6 is 11.6 Å². The maximum absolute atomic E-state index is 6.31. The van der Waals surface area contributed by atoms with E-state index in [-0.39, 0.29) is 0 Å². The lowest BCUT2D eigenvalue weighted by Gasteiger charge is -2.25. The SMILES string of the molecule is Cc1ccc(N(c2ccccc2)c2ccccc2)cc1Cl. The molecule has 1 nitrogen and oxygen atoms in total. The van der Waals surface area contributed by atoms with Crippen LogP contribution in [0, 0.1) is 6.92 Å². The number of anilines is 3. The van der Waals surface area contributed by atoms with Gasteiger partial charge in [-0.05, 0) is 48.9 Å². The van der Waals surface area contributed by atoms with Gasteiger partial charge in [-0.3, -0.25) is 0 Å². The van der Waals surface area contributed by atoms with Gasteiger partial charge in [0.05, 0.1) is 0 Å². The molecule has 2 heteroatoms. The molecule has 0 amide bonds. The predicted molar refractivity (Wildman–Crippen MR) is 90.9 cm³/mol. The normalized spacial score (nSPS) is 10.4. The Kier molecular flexibility index (Phi) is 3.94. The van der Waals surface area contributed by atoms with E-state index in [1.54, 1.807) is 0 Å². The summed E-state index contributed by atoms with van der Waals surface area (Å²) in [5.41, 5.74) is 4.37. The number of hydrogen-bond donors (Lipinski definition) is 0. The summed E-state index contributed by atoms with van der Waals surface area (Å²) in [5, 5.41) is 0.782. The summed E-state index contributed by atoms with van der Waals surface area (Å²) < 4.78 is 0. The van der Waals surface area contributed by atoms with Gasteiger partial charge in [-0.1, -0.05) is 54.1 Å². The lowest BCUT2D eigenvalue weighted by Crippen LogP contribution is -2.09. The molecule has 0 saturated carbocycles. The van der Waals surface area contributed by atoms with Gasteiger partial charge < -0.3 is 4.90 Å². The highest BCUT2D eigenvalue weighted by Gasteiger charge is 2.12. The second kappa shape index (κ2) is 6.02. The van der Waals surface area contributed by atoms with E-state index in [0.717, 1.165) is 27.6 Å². The van der Waals surface area contributed by atoms with E-state index in [2.05, 4.69) is 41.3 Å². The van der Waals surface area contributed by atoms with Crippen LogP contribution in [-0.4, -0.2) is 0 Å². The zero-order valence-corrected chi connectivity index (χ0v) is 12.6. The number of para-hydroxylation sites is 2. The van der Waals surface area contributed by atoms with Gasteiger partial charge in [-0.15, -0.1) is 0 Å². The van der Waals surface area contributed by atoms with Gasteiger partial charge in [-0.25, -0.2) is 0 Å². The minimum Gasteiger partial charge on any atom is -0.310 e. The molecular formula is C19H16ClN. The van der Waals surface area contributed by atoms with Gasteiger partial charge in [0.2, 0.25) is 0 Å². The average molecular weight is 294 g/mol. The summed E-state index contributed by atoms with van der Waals surface area (Å²) in [6.45, 7) is 2.02. The van der Waals surface area contributed by atoms with Crippen molar-refractivity contribution in [3.8, 4) is 0 Å². The van der Waals surface area contributed by atoms with Gasteiger partial charge >= 0.3 is 0 Å². The quantitative estimate of drug-likeness (QED) is 0.562. The number of aryl methyl sites for hydroxylation is 1. The molecule has 21 heavy (non-hydrogen) atoms. The third-order valence-corrected chi connectivity index (χ3v) is 3.85. The van der Waals surface area contributed by atoms with Gasteiger partial charge in [0.15, 0.2) is 0 Å². The first-order valence-electron chi connectivity index (χ1n) is 6.92. The van der Waals surface area contributed by atoms with Crippen LogP contribution in [0.5, 0.6) is 0 Å². The van der Waals surface area contributed by atoms with Crippen molar-refractivity contribution < 1.29 is 0 Å². The van der Waals surface area contributed by atoms with Gasteiger partial charge in [0.25, 0.3) is 0 Å². The van der Waals surface area contributed by atoms with Crippen LogP contribution in [0.2, 0.25) is 5.02 Å². The summed E-state index contributed by atoms with van der Waals surface area (Å²) in [5.74, 6) is 0. The molecule has 0 bridgehead atoms. The van der Waals surface area contributed by atoms with E-state index in [0.29, 0.717) is 0 Å². The van der Waals surface area contributed by atoms with E-state index in [9.17, 15) is 0 Å². The van der Waals surface area contributed by atoms with Crippen LogP contribution in [0.4, 0.5) is 17.1 Å². The largest absolute Gasteiger partial charge is 0.310 e. The highest BCUT2D eigenvalue weighted by atomic mass is 35.5. The Bertz CT molecular complexity index is 684. The molecule has 3 rings (SSSR count). The molecule has 0 spiro atoms. The van der Waals surface area contributed by atoms with Gasteiger partial charge in [0.1, 0.15) is 0 Å². The number of nitrogens with zero attached hydrogens (tertiary/aromatic N) is 1. The van der Waals surface area contributed by atoms with Crippen molar-refractivity contribution in [2.24, 2.45) is 0 Å². The van der Waals surface area contributed by atoms with Crippen molar-refractivity contribution >= 4 is 28.7 Å².